The Bertz CT molecular complexity index is 497. The minimum atomic E-state index is 0.534. The highest BCUT2D eigenvalue weighted by molar-refractivity contribution is 9.10. The van der Waals surface area contributed by atoms with Crippen molar-refractivity contribution in [1.82, 2.24) is 14.8 Å². The molecule has 0 bridgehead atoms. The molecule has 4 nitrogen and oxygen atoms in total. The number of nitrogens with zero attached hydrogens (tertiary/aromatic N) is 3. The van der Waals surface area contributed by atoms with E-state index in [1.807, 2.05) is 23.7 Å². The summed E-state index contributed by atoms with van der Waals surface area (Å²) >= 11 is 5.03. The molecule has 0 saturated heterocycles. The van der Waals surface area contributed by atoms with Crippen LogP contribution in [0.2, 0.25) is 0 Å². The molecule has 1 aromatic carbocycles. The summed E-state index contributed by atoms with van der Waals surface area (Å²) in [6.45, 7) is 0.534. The van der Waals surface area contributed by atoms with Gasteiger partial charge in [0, 0.05) is 23.0 Å². The molecule has 0 aliphatic rings. The molecule has 0 fully saturated rings. The Kier molecular flexibility index (Phi) is 3.63. The predicted octanol–water partition coefficient (Wildman–Crippen LogP) is 2.19. The van der Waals surface area contributed by atoms with Gasteiger partial charge in [-0.3, -0.25) is 0 Å². The highest BCUT2D eigenvalue weighted by Gasteiger charge is 2.05. The van der Waals surface area contributed by atoms with E-state index in [2.05, 4.69) is 32.2 Å². The van der Waals surface area contributed by atoms with Crippen molar-refractivity contribution in [3.63, 3.8) is 0 Å². The Balaban J connectivity index is 2.28. The van der Waals surface area contributed by atoms with Gasteiger partial charge in [0.15, 0.2) is 5.16 Å². The topological polar surface area (TPSA) is 56.7 Å². The molecule has 0 spiro atoms. The molecule has 2 rings (SSSR count). The van der Waals surface area contributed by atoms with Crippen molar-refractivity contribution in [2.75, 3.05) is 0 Å². The predicted molar refractivity (Wildman–Crippen MR) is 67.2 cm³/mol. The molecule has 84 valence electrons. The summed E-state index contributed by atoms with van der Waals surface area (Å²) in [5, 5.41) is 8.73. The lowest BCUT2D eigenvalue weighted by Gasteiger charge is -2.04. The van der Waals surface area contributed by atoms with Crippen LogP contribution in [0.1, 0.15) is 5.56 Å². The molecule has 16 heavy (non-hydrogen) atoms. The van der Waals surface area contributed by atoms with Gasteiger partial charge in [-0.1, -0.05) is 15.9 Å². The summed E-state index contributed by atoms with van der Waals surface area (Å²) in [6.07, 6.45) is 1.68. The minimum Gasteiger partial charge on any atom is -0.326 e. The smallest absolute Gasteiger partial charge is 0.195 e. The fraction of sp³-hybridized carbons (Fsp3) is 0.200. The van der Waals surface area contributed by atoms with Gasteiger partial charge in [-0.05, 0) is 35.5 Å². The first-order valence-electron chi connectivity index (χ1n) is 4.70. The molecular formula is C10H11BrN4S. The number of hydrogen-bond donors (Lipinski definition) is 1. The summed E-state index contributed by atoms with van der Waals surface area (Å²) in [5.41, 5.74) is 6.72. The largest absolute Gasteiger partial charge is 0.326 e. The van der Waals surface area contributed by atoms with Crippen LogP contribution in [0.25, 0.3) is 0 Å². The molecule has 1 heterocycles. The van der Waals surface area contributed by atoms with Crippen molar-refractivity contribution in [3.05, 3.63) is 34.6 Å². The SMILES string of the molecule is Cn1cnnc1Sc1cc(Br)cc(CN)c1. The van der Waals surface area contributed by atoms with E-state index in [4.69, 9.17) is 5.73 Å². The third-order valence-corrected chi connectivity index (χ3v) is 3.53. The first-order chi connectivity index (χ1) is 7.69. The van der Waals surface area contributed by atoms with Gasteiger partial charge in [0.2, 0.25) is 0 Å². The maximum Gasteiger partial charge on any atom is 0.195 e. The van der Waals surface area contributed by atoms with Crippen molar-refractivity contribution in [2.45, 2.75) is 16.6 Å². The van der Waals surface area contributed by atoms with Gasteiger partial charge < -0.3 is 10.3 Å². The van der Waals surface area contributed by atoms with Crippen molar-refractivity contribution >= 4 is 27.7 Å². The van der Waals surface area contributed by atoms with Crippen LogP contribution >= 0.6 is 27.7 Å². The molecule has 0 amide bonds. The van der Waals surface area contributed by atoms with Crippen LogP contribution in [-0.2, 0) is 13.6 Å². The van der Waals surface area contributed by atoms with E-state index in [9.17, 15) is 0 Å². The number of hydrogen-bond acceptors (Lipinski definition) is 4. The summed E-state index contributed by atoms with van der Waals surface area (Å²) in [5.74, 6) is 0. The maximum atomic E-state index is 5.63. The van der Waals surface area contributed by atoms with Crippen LogP contribution in [-0.4, -0.2) is 14.8 Å². The van der Waals surface area contributed by atoms with Gasteiger partial charge >= 0.3 is 0 Å². The fourth-order valence-corrected chi connectivity index (χ4v) is 2.85. The highest BCUT2D eigenvalue weighted by atomic mass is 79.9. The molecule has 0 radical (unpaired) electrons. The van der Waals surface area contributed by atoms with E-state index in [0.29, 0.717) is 6.54 Å². The molecule has 0 aliphatic heterocycles. The minimum absolute atomic E-state index is 0.534. The van der Waals surface area contributed by atoms with Crippen LogP contribution in [0.15, 0.2) is 39.1 Å². The number of aryl methyl sites for hydroxylation is 1. The van der Waals surface area contributed by atoms with Gasteiger partial charge in [0.25, 0.3) is 0 Å². The van der Waals surface area contributed by atoms with Crippen LogP contribution in [0.3, 0.4) is 0 Å². The Labute approximate surface area is 106 Å². The molecule has 2 aromatic rings. The Morgan fingerprint density at radius 1 is 1.44 bits per heavy atom. The number of halogens is 1. The molecular weight excluding hydrogens is 288 g/mol. The number of nitrogens with two attached hydrogens (primary N) is 1. The van der Waals surface area contributed by atoms with Gasteiger partial charge in [-0.15, -0.1) is 10.2 Å². The van der Waals surface area contributed by atoms with Crippen molar-refractivity contribution < 1.29 is 0 Å². The molecule has 1 aromatic heterocycles. The Morgan fingerprint density at radius 2 is 2.25 bits per heavy atom. The first-order valence-corrected chi connectivity index (χ1v) is 6.31. The zero-order chi connectivity index (χ0) is 11.5. The number of aromatic nitrogens is 3. The third-order valence-electron chi connectivity index (χ3n) is 2.05. The quantitative estimate of drug-likeness (QED) is 0.944. The lowest BCUT2D eigenvalue weighted by Crippen LogP contribution is -1.96. The number of rotatable bonds is 3. The normalized spacial score (nSPS) is 10.7. The van der Waals surface area contributed by atoms with E-state index in [-0.39, 0.29) is 0 Å². The molecule has 0 unspecified atom stereocenters. The van der Waals surface area contributed by atoms with Crippen LogP contribution in [0, 0.1) is 0 Å². The van der Waals surface area contributed by atoms with Crippen LogP contribution in [0.5, 0.6) is 0 Å². The van der Waals surface area contributed by atoms with Crippen molar-refractivity contribution in [2.24, 2.45) is 12.8 Å². The zero-order valence-electron chi connectivity index (χ0n) is 8.72. The van der Waals surface area contributed by atoms with Crippen molar-refractivity contribution in [1.29, 1.82) is 0 Å². The summed E-state index contributed by atoms with van der Waals surface area (Å²) in [6, 6.07) is 6.11. The van der Waals surface area contributed by atoms with E-state index >= 15 is 0 Å². The first kappa shape index (κ1) is 11.6. The molecule has 2 N–H and O–H groups in total. The van der Waals surface area contributed by atoms with Gasteiger partial charge in [0.1, 0.15) is 6.33 Å². The summed E-state index contributed by atoms with van der Waals surface area (Å²) in [7, 11) is 1.92. The maximum absolute atomic E-state index is 5.63. The monoisotopic (exact) mass is 298 g/mol. The van der Waals surface area contributed by atoms with Crippen molar-refractivity contribution in [3.8, 4) is 0 Å². The summed E-state index contributed by atoms with van der Waals surface area (Å²) in [4.78, 5) is 1.10. The van der Waals surface area contributed by atoms with E-state index in [1.165, 1.54) is 0 Å². The lowest BCUT2D eigenvalue weighted by atomic mass is 10.2. The average Bonchev–Trinajstić information content (AvgIpc) is 2.63. The van der Waals surface area contributed by atoms with E-state index in [0.717, 1.165) is 20.1 Å². The van der Waals surface area contributed by atoms with Gasteiger partial charge in [0.05, 0.1) is 0 Å². The third kappa shape index (κ3) is 2.63. The van der Waals surface area contributed by atoms with E-state index in [1.54, 1.807) is 18.1 Å². The standard InChI is InChI=1S/C10H11BrN4S/c1-15-6-13-14-10(15)16-9-3-7(5-12)2-8(11)4-9/h2-4,6H,5,12H2,1H3. The molecule has 6 heteroatoms. The molecule has 0 atom stereocenters. The van der Waals surface area contributed by atoms with Gasteiger partial charge in [-0.25, -0.2) is 0 Å². The second-order valence-corrected chi connectivity index (χ2v) is 5.28. The van der Waals surface area contributed by atoms with Gasteiger partial charge in [-0.2, -0.15) is 0 Å². The second kappa shape index (κ2) is 4.99. The summed E-state index contributed by atoms with van der Waals surface area (Å²) < 4.78 is 2.91. The highest BCUT2D eigenvalue weighted by Crippen LogP contribution is 2.28. The Hall–Kier alpha value is -0.850. The lowest BCUT2D eigenvalue weighted by molar-refractivity contribution is 0.788. The molecule has 0 saturated carbocycles. The number of benzene rings is 1. The fourth-order valence-electron chi connectivity index (χ4n) is 1.27. The Morgan fingerprint density at radius 3 is 2.88 bits per heavy atom. The molecule has 0 aliphatic carbocycles. The zero-order valence-corrected chi connectivity index (χ0v) is 11.1. The van der Waals surface area contributed by atoms with Crippen LogP contribution in [0.4, 0.5) is 0 Å². The van der Waals surface area contributed by atoms with Crippen LogP contribution < -0.4 is 5.73 Å². The van der Waals surface area contributed by atoms with E-state index < -0.39 is 0 Å². The second-order valence-electron chi connectivity index (χ2n) is 3.33. The average molecular weight is 299 g/mol.